The molecule has 29 heavy (non-hydrogen) atoms. The van der Waals surface area contributed by atoms with Crippen molar-refractivity contribution >= 4 is 27.5 Å². The average molecular weight is 413 g/mol. The second-order valence-corrected chi connectivity index (χ2v) is 9.36. The van der Waals surface area contributed by atoms with Crippen molar-refractivity contribution in [3.63, 3.8) is 0 Å². The van der Waals surface area contributed by atoms with Gasteiger partial charge in [-0.1, -0.05) is 6.07 Å². The number of hydrogen-bond donors (Lipinski definition) is 2. The Bertz CT molecular complexity index is 1020. The van der Waals surface area contributed by atoms with E-state index in [1.807, 2.05) is 0 Å². The van der Waals surface area contributed by atoms with Crippen LogP contribution in [-0.4, -0.2) is 43.7 Å². The second-order valence-electron chi connectivity index (χ2n) is 7.42. The van der Waals surface area contributed by atoms with Gasteiger partial charge in [0.25, 0.3) is 11.8 Å². The standard InChI is InChI=1S/C21H23N3O4S/c25-20(23-18-5-3-4-16(14-18)21(26)22-17-8-9-17)15-6-10-19(11-7-15)29(27,28)24-12-1-2-13-24/h3-7,10-11,14,17H,1-2,8-9,12-13H2,(H,22,26)(H,23,25). The minimum atomic E-state index is -3.50. The van der Waals surface area contributed by atoms with Crippen LogP contribution in [0.5, 0.6) is 0 Å². The summed E-state index contributed by atoms with van der Waals surface area (Å²) in [4.78, 5) is 24.9. The fourth-order valence-electron chi connectivity index (χ4n) is 3.29. The molecule has 2 amide bonds. The van der Waals surface area contributed by atoms with Crippen molar-refractivity contribution in [1.29, 1.82) is 0 Å². The number of rotatable bonds is 6. The van der Waals surface area contributed by atoms with Gasteiger partial charge in [0.2, 0.25) is 10.0 Å². The molecule has 152 valence electrons. The zero-order valence-corrected chi connectivity index (χ0v) is 16.7. The van der Waals surface area contributed by atoms with Gasteiger partial charge in [-0.3, -0.25) is 9.59 Å². The molecule has 0 unspecified atom stereocenters. The highest BCUT2D eigenvalue weighted by Gasteiger charge is 2.27. The number of sulfonamides is 1. The van der Waals surface area contributed by atoms with Gasteiger partial charge in [0.05, 0.1) is 4.90 Å². The first-order valence-corrected chi connectivity index (χ1v) is 11.2. The Morgan fingerprint density at radius 3 is 2.24 bits per heavy atom. The van der Waals surface area contributed by atoms with Crippen LogP contribution in [0.25, 0.3) is 0 Å². The highest BCUT2D eigenvalue weighted by atomic mass is 32.2. The van der Waals surface area contributed by atoms with Crippen molar-refractivity contribution in [2.45, 2.75) is 36.6 Å². The largest absolute Gasteiger partial charge is 0.349 e. The number of nitrogens with zero attached hydrogens (tertiary/aromatic N) is 1. The molecular formula is C21H23N3O4S. The van der Waals surface area contributed by atoms with Gasteiger partial charge in [-0.25, -0.2) is 8.42 Å². The molecule has 0 atom stereocenters. The van der Waals surface area contributed by atoms with Crippen molar-refractivity contribution in [2.24, 2.45) is 0 Å². The zero-order chi connectivity index (χ0) is 20.4. The fourth-order valence-corrected chi connectivity index (χ4v) is 4.81. The lowest BCUT2D eigenvalue weighted by atomic mass is 10.1. The lowest BCUT2D eigenvalue weighted by Crippen LogP contribution is -2.27. The predicted molar refractivity (Wildman–Crippen MR) is 109 cm³/mol. The van der Waals surface area contributed by atoms with Gasteiger partial charge in [0.1, 0.15) is 0 Å². The van der Waals surface area contributed by atoms with E-state index in [1.165, 1.54) is 28.6 Å². The summed E-state index contributed by atoms with van der Waals surface area (Å²) in [7, 11) is -3.50. The molecule has 0 bridgehead atoms. The molecule has 2 aliphatic rings. The third-order valence-electron chi connectivity index (χ3n) is 5.11. The van der Waals surface area contributed by atoms with Gasteiger partial charge in [-0.2, -0.15) is 4.31 Å². The Kier molecular flexibility index (Phi) is 5.38. The van der Waals surface area contributed by atoms with E-state index in [4.69, 9.17) is 0 Å². The lowest BCUT2D eigenvalue weighted by Gasteiger charge is -2.15. The Morgan fingerprint density at radius 1 is 0.897 bits per heavy atom. The normalized spacial score (nSPS) is 17.1. The van der Waals surface area contributed by atoms with Crippen LogP contribution in [-0.2, 0) is 10.0 Å². The molecule has 2 aromatic carbocycles. The molecule has 2 fully saturated rings. The third kappa shape index (κ3) is 4.49. The molecule has 1 aliphatic heterocycles. The van der Waals surface area contributed by atoms with Crippen LogP contribution in [0.4, 0.5) is 5.69 Å². The molecule has 1 heterocycles. The van der Waals surface area contributed by atoms with E-state index in [0.717, 1.165) is 25.7 Å². The average Bonchev–Trinajstić information content (AvgIpc) is 3.35. The van der Waals surface area contributed by atoms with Crippen molar-refractivity contribution in [3.8, 4) is 0 Å². The van der Waals surface area contributed by atoms with Crippen molar-refractivity contribution in [2.75, 3.05) is 18.4 Å². The Balaban J connectivity index is 1.44. The molecule has 0 radical (unpaired) electrons. The fraction of sp³-hybridized carbons (Fsp3) is 0.333. The van der Waals surface area contributed by atoms with Crippen LogP contribution < -0.4 is 10.6 Å². The number of carbonyl (C=O) groups excluding carboxylic acids is 2. The first-order valence-electron chi connectivity index (χ1n) is 9.76. The van der Waals surface area contributed by atoms with Crippen LogP contribution in [0.1, 0.15) is 46.4 Å². The van der Waals surface area contributed by atoms with Gasteiger partial charge < -0.3 is 10.6 Å². The Morgan fingerprint density at radius 2 is 1.59 bits per heavy atom. The summed E-state index contributed by atoms with van der Waals surface area (Å²) in [6.07, 6.45) is 3.76. The highest BCUT2D eigenvalue weighted by Crippen LogP contribution is 2.22. The Hall–Kier alpha value is -2.71. The summed E-state index contributed by atoms with van der Waals surface area (Å²) >= 11 is 0. The molecule has 2 N–H and O–H groups in total. The summed E-state index contributed by atoms with van der Waals surface area (Å²) in [6, 6.07) is 12.9. The minimum Gasteiger partial charge on any atom is -0.349 e. The first-order chi connectivity index (χ1) is 13.9. The summed E-state index contributed by atoms with van der Waals surface area (Å²) in [5.74, 6) is -0.519. The summed E-state index contributed by atoms with van der Waals surface area (Å²) in [5, 5.41) is 5.67. The molecule has 1 aliphatic carbocycles. The van der Waals surface area contributed by atoms with Crippen molar-refractivity contribution in [3.05, 3.63) is 59.7 Å². The molecule has 1 saturated heterocycles. The molecule has 7 nitrogen and oxygen atoms in total. The summed E-state index contributed by atoms with van der Waals surface area (Å²) in [6.45, 7) is 1.07. The van der Waals surface area contributed by atoms with Crippen LogP contribution in [0.3, 0.4) is 0 Å². The monoisotopic (exact) mass is 413 g/mol. The van der Waals surface area contributed by atoms with E-state index in [1.54, 1.807) is 24.3 Å². The van der Waals surface area contributed by atoms with Crippen LogP contribution in [0.15, 0.2) is 53.4 Å². The summed E-state index contributed by atoms with van der Waals surface area (Å²) in [5.41, 5.74) is 1.34. The van der Waals surface area contributed by atoms with Gasteiger partial charge in [-0.05, 0) is 68.1 Å². The van der Waals surface area contributed by atoms with Crippen LogP contribution in [0.2, 0.25) is 0 Å². The number of benzene rings is 2. The van der Waals surface area contributed by atoms with E-state index in [0.29, 0.717) is 29.9 Å². The maximum Gasteiger partial charge on any atom is 0.255 e. The molecule has 8 heteroatoms. The summed E-state index contributed by atoms with van der Waals surface area (Å²) < 4.78 is 26.6. The van der Waals surface area contributed by atoms with Gasteiger partial charge >= 0.3 is 0 Å². The number of amides is 2. The number of anilines is 1. The smallest absolute Gasteiger partial charge is 0.255 e. The van der Waals surface area contributed by atoms with Crippen LogP contribution in [0, 0.1) is 0 Å². The number of nitrogens with one attached hydrogen (secondary N) is 2. The molecule has 2 aromatic rings. The molecule has 1 saturated carbocycles. The highest BCUT2D eigenvalue weighted by molar-refractivity contribution is 7.89. The SMILES string of the molecule is O=C(Nc1cccc(C(=O)NC2CC2)c1)c1ccc(S(=O)(=O)N2CCCC2)cc1. The van der Waals surface area contributed by atoms with Crippen molar-refractivity contribution in [1.82, 2.24) is 9.62 Å². The number of hydrogen-bond acceptors (Lipinski definition) is 4. The molecule has 4 rings (SSSR count). The molecule has 0 spiro atoms. The van der Waals surface area contributed by atoms with E-state index in [-0.39, 0.29) is 22.8 Å². The molecular weight excluding hydrogens is 390 g/mol. The Labute approximate surface area is 170 Å². The minimum absolute atomic E-state index is 0.153. The van der Waals surface area contributed by atoms with E-state index < -0.39 is 10.0 Å². The third-order valence-corrected chi connectivity index (χ3v) is 7.03. The topological polar surface area (TPSA) is 95.6 Å². The predicted octanol–water partition coefficient (Wildman–Crippen LogP) is 2.62. The van der Waals surface area contributed by atoms with Gasteiger partial charge in [0, 0.05) is 35.9 Å². The maximum absolute atomic E-state index is 12.6. The van der Waals surface area contributed by atoms with Gasteiger partial charge in [-0.15, -0.1) is 0 Å². The van der Waals surface area contributed by atoms with E-state index in [2.05, 4.69) is 10.6 Å². The van der Waals surface area contributed by atoms with Crippen LogP contribution >= 0.6 is 0 Å². The van der Waals surface area contributed by atoms with Gasteiger partial charge in [0.15, 0.2) is 0 Å². The maximum atomic E-state index is 12.6. The first kappa shape index (κ1) is 19.6. The molecule has 0 aromatic heterocycles. The second kappa shape index (κ2) is 7.96. The zero-order valence-electron chi connectivity index (χ0n) is 15.9. The lowest BCUT2D eigenvalue weighted by molar-refractivity contribution is 0.0949. The van der Waals surface area contributed by atoms with E-state index in [9.17, 15) is 18.0 Å². The van der Waals surface area contributed by atoms with E-state index >= 15 is 0 Å². The quantitative estimate of drug-likeness (QED) is 0.761. The number of carbonyl (C=O) groups is 2. The van der Waals surface area contributed by atoms with Crippen molar-refractivity contribution < 1.29 is 18.0 Å².